The van der Waals surface area contributed by atoms with Crippen LogP contribution in [0.5, 0.6) is 0 Å². The lowest BCUT2D eigenvalue weighted by molar-refractivity contribution is -0.685. The van der Waals surface area contributed by atoms with Gasteiger partial charge in [-0.2, -0.15) is 4.57 Å². The van der Waals surface area contributed by atoms with Crippen LogP contribution in [0.3, 0.4) is 0 Å². The number of fused-ring (bicyclic) bond motifs is 1. The molecule has 5 nitrogen and oxygen atoms in total. The zero-order valence-corrected chi connectivity index (χ0v) is 22.6. The molecule has 1 aromatic carbocycles. The Bertz CT molecular complexity index is 1540. The van der Waals surface area contributed by atoms with Crippen molar-refractivity contribution in [2.75, 3.05) is 11.9 Å². The molecule has 4 heterocycles. The number of rotatable bonds is 4. The van der Waals surface area contributed by atoms with Crippen LogP contribution in [0, 0.1) is 0 Å². The number of anilines is 1. The van der Waals surface area contributed by atoms with Crippen LogP contribution in [0.4, 0.5) is 5.69 Å². The summed E-state index contributed by atoms with van der Waals surface area (Å²) >= 11 is 14.5. The number of nitrogens with zero attached hydrogens (tertiary/aromatic N) is 4. The molecule has 0 spiro atoms. The highest BCUT2D eigenvalue weighted by Gasteiger charge is 2.25. The number of benzene rings is 1. The summed E-state index contributed by atoms with van der Waals surface area (Å²) in [6, 6.07) is 9.84. The molecule has 0 amide bonds. The highest BCUT2D eigenvalue weighted by atomic mass is 79.9. The minimum absolute atomic E-state index is 0.0418. The molecule has 0 N–H and O–H groups in total. The quantitative estimate of drug-likeness (QED) is 0.268. The second-order valence-electron chi connectivity index (χ2n) is 7.36. The standard InChI is InChI=1S/C23H19BrClN4OS3/c1-3-29-19(12-18-28(9-10-31-18)13-14-5-4-8-26-21(14)24)33-20(22(29)30)23-27(2)16-7-6-15(25)11-17(16)32-23/h4-12H,3,13H2,1-2H3/q+1. The lowest BCUT2D eigenvalue weighted by atomic mass is 10.3. The van der Waals surface area contributed by atoms with Gasteiger partial charge in [-0.1, -0.05) is 34.7 Å². The van der Waals surface area contributed by atoms with Gasteiger partial charge in [0.1, 0.15) is 18.8 Å². The van der Waals surface area contributed by atoms with Crippen molar-refractivity contribution < 1.29 is 4.57 Å². The van der Waals surface area contributed by atoms with E-state index >= 15 is 0 Å². The van der Waals surface area contributed by atoms with Crippen LogP contribution < -0.4 is 24.2 Å². The molecule has 3 aromatic heterocycles. The normalized spacial score (nSPS) is 15.4. The summed E-state index contributed by atoms with van der Waals surface area (Å²) in [7, 11) is 2.00. The van der Waals surface area contributed by atoms with Crippen molar-refractivity contribution >= 4 is 78.8 Å². The predicted molar refractivity (Wildman–Crippen MR) is 142 cm³/mol. The third kappa shape index (κ3) is 4.33. The van der Waals surface area contributed by atoms with Crippen molar-refractivity contribution in [3.8, 4) is 0 Å². The van der Waals surface area contributed by atoms with Gasteiger partial charge in [0.2, 0.25) is 0 Å². The van der Waals surface area contributed by atoms with Gasteiger partial charge in [0.05, 0.1) is 17.1 Å². The van der Waals surface area contributed by atoms with E-state index < -0.39 is 0 Å². The van der Waals surface area contributed by atoms with Crippen molar-refractivity contribution in [3.05, 3.63) is 87.9 Å². The monoisotopic (exact) mass is 577 g/mol. The maximum Gasteiger partial charge on any atom is 0.271 e. The topological polar surface area (TPSA) is 42.0 Å². The highest BCUT2D eigenvalue weighted by Crippen LogP contribution is 2.46. The Morgan fingerprint density at radius 3 is 2.94 bits per heavy atom. The number of hydrogen-bond acceptors (Lipinski definition) is 6. The van der Waals surface area contributed by atoms with E-state index in [0.717, 1.165) is 40.0 Å². The van der Waals surface area contributed by atoms with E-state index in [0.29, 0.717) is 18.1 Å². The molecule has 168 valence electrons. The van der Waals surface area contributed by atoms with Crippen LogP contribution in [-0.2, 0) is 13.1 Å². The molecule has 4 aromatic rings. The number of thiazole rings is 2. The van der Waals surface area contributed by atoms with E-state index in [9.17, 15) is 4.79 Å². The largest absolute Gasteiger partial charge is 0.337 e. The van der Waals surface area contributed by atoms with Gasteiger partial charge in [0.25, 0.3) is 10.6 Å². The van der Waals surface area contributed by atoms with E-state index in [-0.39, 0.29) is 5.56 Å². The van der Waals surface area contributed by atoms with Crippen LogP contribution in [0.1, 0.15) is 17.5 Å². The maximum atomic E-state index is 13.4. The summed E-state index contributed by atoms with van der Waals surface area (Å²) < 4.78 is 6.56. The summed E-state index contributed by atoms with van der Waals surface area (Å²) in [6.45, 7) is 3.32. The molecule has 5 rings (SSSR count). The molecule has 0 saturated carbocycles. The van der Waals surface area contributed by atoms with Crippen LogP contribution in [-0.4, -0.2) is 16.6 Å². The van der Waals surface area contributed by atoms with Crippen molar-refractivity contribution in [1.29, 1.82) is 0 Å². The average molecular weight is 579 g/mol. The Labute approximate surface area is 216 Å². The second-order valence-corrected chi connectivity index (χ2v) is 11.5. The van der Waals surface area contributed by atoms with Crippen LogP contribution in [0.2, 0.25) is 5.02 Å². The van der Waals surface area contributed by atoms with Crippen molar-refractivity contribution in [2.24, 2.45) is 0 Å². The number of hydrogen-bond donors (Lipinski definition) is 0. The molecule has 0 aliphatic carbocycles. The lowest BCUT2D eigenvalue weighted by Crippen LogP contribution is -2.36. The third-order valence-corrected chi connectivity index (χ3v) is 9.62. The Hall–Kier alpha value is -1.91. The first kappa shape index (κ1) is 22.9. The van der Waals surface area contributed by atoms with Gasteiger partial charge >= 0.3 is 0 Å². The van der Waals surface area contributed by atoms with Gasteiger partial charge < -0.3 is 4.90 Å². The zero-order chi connectivity index (χ0) is 23.1. The smallest absolute Gasteiger partial charge is 0.271 e. The molecule has 0 unspecified atom stereocenters. The molecule has 1 aliphatic heterocycles. The summed E-state index contributed by atoms with van der Waals surface area (Å²) in [4.78, 5) is 20.8. The molecule has 0 atom stereocenters. The van der Waals surface area contributed by atoms with Crippen LogP contribution >= 0.6 is 62.0 Å². The van der Waals surface area contributed by atoms with Gasteiger partial charge in [0.15, 0.2) is 12.7 Å². The Morgan fingerprint density at radius 2 is 2.15 bits per heavy atom. The fraction of sp³-hybridized carbons (Fsp3) is 0.174. The molecule has 0 bridgehead atoms. The predicted octanol–water partition coefficient (Wildman–Crippen LogP) is 4.27. The minimum Gasteiger partial charge on any atom is -0.337 e. The lowest BCUT2D eigenvalue weighted by Gasteiger charge is -2.12. The molecular formula is C23H19BrClN4OS3+. The molecule has 0 radical (unpaired) electrons. The van der Waals surface area contributed by atoms with Crippen molar-refractivity contribution in [1.82, 2.24) is 9.55 Å². The molecular weight excluding hydrogens is 560 g/mol. The van der Waals surface area contributed by atoms with Gasteiger partial charge in [-0.05, 0) is 53.2 Å². The molecule has 10 heteroatoms. The summed E-state index contributed by atoms with van der Waals surface area (Å²) in [5.74, 6) is 0. The first-order valence-electron chi connectivity index (χ1n) is 10.2. The minimum atomic E-state index is 0.0418. The highest BCUT2D eigenvalue weighted by molar-refractivity contribution is 9.10. The maximum absolute atomic E-state index is 13.4. The number of aromatic nitrogens is 3. The van der Waals surface area contributed by atoms with Crippen LogP contribution in [0.25, 0.3) is 11.1 Å². The number of thioether (sulfide) groups is 1. The van der Waals surface area contributed by atoms with E-state index in [1.807, 2.05) is 42.8 Å². The van der Waals surface area contributed by atoms with Gasteiger partial charge in [-0.15, -0.1) is 11.3 Å². The average Bonchev–Trinajstić information content (AvgIpc) is 3.46. The first-order chi connectivity index (χ1) is 16.0. The summed E-state index contributed by atoms with van der Waals surface area (Å²) in [6.07, 6.45) is 5.95. The number of halogens is 2. The summed E-state index contributed by atoms with van der Waals surface area (Å²) in [5, 5.41) is 4.79. The van der Waals surface area contributed by atoms with E-state index in [1.54, 1.807) is 29.3 Å². The zero-order valence-electron chi connectivity index (χ0n) is 17.8. The molecule has 0 saturated heterocycles. The number of pyridine rings is 1. The third-order valence-electron chi connectivity index (χ3n) is 5.35. The fourth-order valence-electron chi connectivity index (χ4n) is 3.68. The fourth-order valence-corrected chi connectivity index (χ4v) is 7.65. The Morgan fingerprint density at radius 1 is 1.30 bits per heavy atom. The van der Waals surface area contributed by atoms with Crippen molar-refractivity contribution in [3.63, 3.8) is 0 Å². The van der Waals surface area contributed by atoms with Gasteiger partial charge in [-0.3, -0.25) is 9.36 Å². The summed E-state index contributed by atoms with van der Waals surface area (Å²) in [5.41, 5.74) is 2.21. The van der Waals surface area contributed by atoms with Crippen molar-refractivity contribution in [2.45, 2.75) is 24.9 Å². The first-order valence-corrected chi connectivity index (χ1v) is 13.9. The van der Waals surface area contributed by atoms with Crippen LogP contribution in [0.15, 0.2) is 62.4 Å². The van der Waals surface area contributed by atoms with E-state index in [4.69, 9.17) is 11.6 Å². The van der Waals surface area contributed by atoms with E-state index in [1.165, 1.54) is 11.3 Å². The Kier molecular flexibility index (Phi) is 6.50. The molecule has 1 aliphatic rings. The van der Waals surface area contributed by atoms with Gasteiger partial charge in [0, 0.05) is 35.3 Å². The Balaban J connectivity index is 1.61. The molecule has 0 fully saturated rings. The van der Waals surface area contributed by atoms with Gasteiger partial charge in [-0.25, -0.2) is 4.98 Å². The molecule has 33 heavy (non-hydrogen) atoms. The van der Waals surface area contributed by atoms with E-state index in [2.05, 4.69) is 54.1 Å². The second kappa shape index (κ2) is 9.38. The SMILES string of the molecule is CCn1c(=Cc2scc[n+]2Cc2cccnc2Br)sc(=C2Sc3cc(Cl)ccc3N2C)c1=O.